The predicted octanol–water partition coefficient (Wildman–Crippen LogP) is 10.7. The van der Waals surface area contributed by atoms with E-state index in [-0.39, 0.29) is 7.92 Å². The highest BCUT2D eigenvalue weighted by molar-refractivity contribution is 7.67. The lowest BCUT2D eigenvalue weighted by molar-refractivity contribution is 0.487. The Balaban J connectivity index is 1.89. The fourth-order valence-corrected chi connectivity index (χ4v) is 11.2. The summed E-state index contributed by atoms with van der Waals surface area (Å²) in [6.45, 7) is 14.4. The fourth-order valence-electron chi connectivity index (χ4n) is 7.30. The Hall–Kier alpha value is -1.13. The molecule has 0 radical (unpaired) electrons. The number of rotatable bonds is 10. The van der Waals surface area contributed by atoms with E-state index in [0.717, 1.165) is 11.3 Å². The molecule has 0 saturated heterocycles. The SMILES string of the molecule is CC(C)Cc1cc(CC(C)C)c(-c2ccccc2P(C2CCCCC2)C2CCCCC2)c(CC(C)C)c1. The Morgan fingerprint density at radius 3 is 1.54 bits per heavy atom. The summed E-state index contributed by atoms with van der Waals surface area (Å²) in [5.74, 6) is 2.04. The lowest BCUT2D eigenvalue weighted by Crippen LogP contribution is -2.27. The van der Waals surface area contributed by atoms with Gasteiger partial charge in [0.2, 0.25) is 0 Å². The molecule has 2 saturated carbocycles. The second kappa shape index (κ2) is 13.8. The summed E-state index contributed by atoms with van der Waals surface area (Å²) < 4.78 is 0. The van der Waals surface area contributed by atoms with Crippen molar-refractivity contribution in [3.63, 3.8) is 0 Å². The zero-order valence-electron chi connectivity index (χ0n) is 25.0. The molecule has 4 rings (SSSR count). The number of benzene rings is 2. The zero-order valence-corrected chi connectivity index (χ0v) is 25.9. The average Bonchev–Trinajstić information content (AvgIpc) is 2.85. The Morgan fingerprint density at radius 1 is 0.622 bits per heavy atom. The normalized spacial score (nSPS) is 18.0. The van der Waals surface area contributed by atoms with Crippen molar-refractivity contribution in [3.8, 4) is 11.1 Å². The summed E-state index contributed by atoms with van der Waals surface area (Å²) in [5.41, 5.74) is 9.93. The first-order valence-electron chi connectivity index (χ1n) is 15.9. The molecule has 2 fully saturated rings. The Kier molecular flexibility index (Phi) is 10.8. The van der Waals surface area contributed by atoms with Crippen molar-refractivity contribution in [3.05, 3.63) is 53.1 Å². The molecule has 0 aromatic heterocycles. The minimum atomic E-state index is -0.124. The maximum absolute atomic E-state index is 2.61. The van der Waals surface area contributed by atoms with Crippen molar-refractivity contribution in [2.45, 2.75) is 136 Å². The number of hydrogen-bond donors (Lipinski definition) is 0. The van der Waals surface area contributed by atoms with Gasteiger partial charge in [-0.05, 0) is 107 Å². The lowest BCUT2D eigenvalue weighted by atomic mass is 9.84. The van der Waals surface area contributed by atoms with E-state index in [1.807, 2.05) is 0 Å². The molecular formula is C36H55P. The molecule has 0 nitrogen and oxygen atoms in total. The van der Waals surface area contributed by atoms with Crippen LogP contribution in [0.5, 0.6) is 0 Å². The van der Waals surface area contributed by atoms with E-state index >= 15 is 0 Å². The molecule has 0 aliphatic heterocycles. The molecule has 0 atom stereocenters. The monoisotopic (exact) mass is 518 g/mol. The molecule has 0 bridgehead atoms. The zero-order chi connectivity index (χ0) is 26.4. The fraction of sp³-hybridized carbons (Fsp3) is 0.667. The van der Waals surface area contributed by atoms with Crippen molar-refractivity contribution < 1.29 is 0 Å². The molecule has 204 valence electrons. The molecule has 2 aromatic rings. The van der Waals surface area contributed by atoms with E-state index in [9.17, 15) is 0 Å². The average molecular weight is 519 g/mol. The van der Waals surface area contributed by atoms with Gasteiger partial charge in [-0.15, -0.1) is 0 Å². The van der Waals surface area contributed by atoms with Crippen LogP contribution in [-0.2, 0) is 19.3 Å². The van der Waals surface area contributed by atoms with Gasteiger partial charge in [0.05, 0.1) is 0 Å². The van der Waals surface area contributed by atoms with Crippen molar-refractivity contribution in [2.24, 2.45) is 17.8 Å². The van der Waals surface area contributed by atoms with E-state index in [1.165, 1.54) is 83.5 Å². The molecule has 37 heavy (non-hydrogen) atoms. The first-order chi connectivity index (χ1) is 17.8. The predicted molar refractivity (Wildman–Crippen MR) is 168 cm³/mol. The Bertz CT molecular complexity index is 923. The highest BCUT2D eigenvalue weighted by atomic mass is 31.1. The Morgan fingerprint density at radius 2 is 1.08 bits per heavy atom. The first kappa shape index (κ1) is 28.9. The summed E-state index contributed by atoms with van der Waals surface area (Å²) in [6.07, 6.45) is 18.2. The van der Waals surface area contributed by atoms with Gasteiger partial charge in [0, 0.05) is 0 Å². The van der Waals surface area contributed by atoms with Crippen LogP contribution in [0.15, 0.2) is 36.4 Å². The van der Waals surface area contributed by atoms with Gasteiger partial charge in [0.1, 0.15) is 0 Å². The van der Waals surface area contributed by atoms with Crippen LogP contribution < -0.4 is 5.30 Å². The van der Waals surface area contributed by atoms with Crippen LogP contribution in [0.3, 0.4) is 0 Å². The summed E-state index contributed by atoms with van der Waals surface area (Å²) in [7, 11) is -0.124. The standard InChI is InChI=1S/C36H55P/c1-26(2)21-29-24-30(22-27(3)4)36(31(25-29)23-28(5)6)34-19-13-14-20-35(34)37(32-15-9-7-10-16-32)33-17-11-8-12-18-33/h13-14,19-20,24-28,32-33H,7-12,15-18,21-23H2,1-6H3. The topological polar surface area (TPSA) is 0 Å². The van der Waals surface area contributed by atoms with Crippen LogP contribution in [0.4, 0.5) is 0 Å². The minimum absolute atomic E-state index is 0.124. The number of hydrogen-bond acceptors (Lipinski definition) is 0. The highest BCUT2D eigenvalue weighted by Gasteiger charge is 2.34. The smallest absolute Gasteiger partial charge is 0.0101 e. The van der Waals surface area contributed by atoms with E-state index in [4.69, 9.17) is 0 Å². The Labute approximate surface area is 231 Å². The quantitative estimate of drug-likeness (QED) is 0.274. The van der Waals surface area contributed by atoms with Crippen LogP contribution in [0, 0.1) is 17.8 Å². The second-order valence-corrected chi connectivity index (χ2v) is 16.3. The molecule has 0 spiro atoms. The molecule has 0 unspecified atom stereocenters. The maximum atomic E-state index is 2.61. The van der Waals surface area contributed by atoms with Crippen LogP contribution in [0.1, 0.15) is 122 Å². The minimum Gasteiger partial charge on any atom is -0.0683 e. The van der Waals surface area contributed by atoms with E-state index in [0.29, 0.717) is 17.8 Å². The largest absolute Gasteiger partial charge is 0.0683 e. The molecule has 2 aromatic carbocycles. The first-order valence-corrected chi connectivity index (χ1v) is 17.3. The van der Waals surface area contributed by atoms with Crippen molar-refractivity contribution in [1.82, 2.24) is 0 Å². The van der Waals surface area contributed by atoms with Crippen LogP contribution >= 0.6 is 7.92 Å². The molecule has 0 N–H and O–H groups in total. The van der Waals surface area contributed by atoms with E-state index in [2.05, 4.69) is 77.9 Å². The highest BCUT2D eigenvalue weighted by Crippen LogP contribution is 2.56. The summed E-state index contributed by atoms with van der Waals surface area (Å²) in [6, 6.07) is 15.1. The molecular weight excluding hydrogens is 463 g/mol. The molecule has 0 heterocycles. The molecule has 0 amide bonds. The van der Waals surface area contributed by atoms with Gasteiger partial charge in [-0.3, -0.25) is 0 Å². The van der Waals surface area contributed by atoms with E-state index < -0.39 is 0 Å². The van der Waals surface area contributed by atoms with Gasteiger partial charge in [0.15, 0.2) is 0 Å². The molecule has 2 aliphatic carbocycles. The third-order valence-corrected chi connectivity index (χ3v) is 12.2. The van der Waals surface area contributed by atoms with Crippen molar-refractivity contribution >= 4 is 13.2 Å². The van der Waals surface area contributed by atoms with Gasteiger partial charge in [0.25, 0.3) is 0 Å². The van der Waals surface area contributed by atoms with Gasteiger partial charge < -0.3 is 0 Å². The van der Waals surface area contributed by atoms with E-state index in [1.54, 1.807) is 33.1 Å². The van der Waals surface area contributed by atoms with Gasteiger partial charge in [-0.2, -0.15) is 0 Å². The third-order valence-electron chi connectivity index (χ3n) is 8.65. The van der Waals surface area contributed by atoms with Gasteiger partial charge in [-0.25, -0.2) is 0 Å². The lowest BCUT2D eigenvalue weighted by Gasteiger charge is -2.40. The van der Waals surface area contributed by atoms with Crippen LogP contribution in [0.2, 0.25) is 0 Å². The maximum Gasteiger partial charge on any atom is -0.0101 e. The van der Waals surface area contributed by atoms with Gasteiger partial charge in [-0.1, -0.05) is 124 Å². The van der Waals surface area contributed by atoms with Crippen molar-refractivity contribution in [2.75, 3.05) is 0 Å². The van der Waals surface area contributed by atoms with Crippen molar-refractivity contribution in [1.29, 1.82) is 0 Å². The molecule has 2 aliphatic rings. The van der Waals surface area contributed by atoms with Gasteiger partial charge >= 0.3 is 0 Å². The van der Waals surface area contributed by atoms with Crippen LogP contribution in [0.25, 0.3) is 11.1 Å². The molecule has 1 heteroatoms. The van der Waals surface area contributed by atoms with Crippen LogP contribution in [-0.4, -0.2) is 11.3 Å². The summed E-state index contributed by atoms with van der Waals surface area (Å²) in [4.78, 5) is 0. The summed E-state index contributed by atoms with van der Waals surface area (Å²) >= 11 is 0. The third kappa shape index (κ3) is 7.72. The summed E-state index contributed by atoms with van der Waals surface area (Å²) in [5, 5.41) is 1.77. The second-order valence-electron chi connectivity index (χ2n) is 13.6.